The molecule has 0 aromatic heterocycles. The van der Waals surface area contributed by atoms with E-state index in [1.165, 1.54) is 19.1 Å². The van der Waals surface area contributed by atoms with Crippen LogP contribution in [0.15, 0.2) is 22.1 Å². The number of hydrazone groups is 1. The van der Waals surface area contributed by atoms with Gasteiger partial charge in [-0.05, 0) is 18.6 Å². The molecule has 0 bridgehead atoms. The Kier molecular flexibility index (Phi) is 3.43. The van der Waals surface area contributed by atoms with Crippen molar-refractivity contribution < 1.29 is 27.7 Å². The number of nitrogens with two attached hydrogens (primary N) is 1. The Morgan fingerprint density at radius 3 is 2.52 bits per heavy atom. The minimum Gasteiger partial charge on any atom is -0.477 e. The molecule has 1 aromatic rings. The van der Waals surface area contributed by atoms with Crippen molar-refractivity contribution in [3.63, 3.8) is 0 Å². The Labute approximate surface area is 119 Å². The molecule has 10 heteroatoms. The summed E-state index contributed by atoms with van der Waals surface area (Å²) in [6.45, 7) is 1.48. The number of carbonyl (C=O) groups is 2. The average molecular weight is 313 g/mol. The van der Waals surface area contributed by atoms with E-state index in [1.54, 1.807) is 0 Å². The van der Waals surface area contributed by atoms with Crippen LogP contribution in [0.4, 0.5) is 11.4 Å². The molecule has 21 heavy (non-hydrogen) atoms. The van der Waals surface area contributed by atoms with E-state index in [1.807, 2.05) is 0 Å². The molecule has 0 radical (unpaired) electrons. The monoisotopic (exact) mass is 313 g/mol. The Morgan fingerprint density at radius 1 is 1.43 bits per heavy atom. The van der Waals surface area contributed by atoms with E-state index in [-0.39, 0.29) is 11.4 Å². The largest absolute Gasteiger partial charge is 0.477 e. The van der Waals surface area contributed by atoms with Gasteiger partial charge in [0.05, 0.1) is 17.8 Å². The van der Waals surface area contributed by atoms with Crippen molar-refractivity contribution in [2.45, 2.75) is 18.2 Å². The summed E-state index contributed by atoms with van der Waals surface area (Å²) >= 11 is 0. The van der Waals surface area contributed by atoms with E-state index in [0.717, 1.165) is 0 Å². The second kappa shape index (κ2) is 4.82. The summed E-state index contributed by atoms with van der Waals surface area (Å²) in [6, 6.07) is 2.69. The van der Waals surface area contributed by atoms with Crippen molar-refractivity contribution in [1.82, 2.24) is 0 Å². The fourth-order valence-corrected chi connectivity index (χ4v) is 2.80. The van der Waals surface area contributed by atoms with Crippen LogP contribution in [-0.4, -0.2) is 35.7 Å². The highest BCUT2D eigenvalue weighted by molar-refractivity contribution is 7.86. The van der Waals surface area contributed by atoms with Crippen LogP contribution in [0, 0.1) is 6.92 Å². The van der Waals surface area contributed by atoms with Gasteiger partial charge in [-0.3, -0.25) is 9.35 Å². The predicted molar refractivity (Wildman–Crippen MR) is 72.6 cm³/mol. The third kappa shape index (κ3) is 2.58. The normalized spacial score (nSPS) is 15.2. The van der Waals surface area contributed by atoms with Crippen molar-refractivity contribution in [2.75, 3.05) is 10.7 Å². The number of benzene rings is 1. The highest BCUT2D eigenvalue weighted by Crippen LogP contribution is 2.35. The van der Waals surface area contributed by atoms with Crippen molar-refractivity contribution in [3.8, 4) is 0 Å². The first-order chi connectivity index (χ1) is 9.62. The maximum absolute atomic E-state index is 11.9. The number of rotatable bonds is 3. The van der Waals surface area contributed by atoms with Crippen molar-refractivity contribution in [1.29, 1.82) is 0 Å². The van der Waals surface area contributed by atoms with Gasteiger partial charge in [-0.25, -0.2) is 4.79 Å². The molecule has 1 amide bonds. The number of nitrogen functional groups attached to an aromatic ring is 1. The molecule has 2 rings (SSSR count). The Bertz CT molecular complexity index is 783. The van der Waals surface area contributed by atoms with Crippen LogP contribution >= 0.6 is 0 Å². The zero-order chi connectivity index (χ0) is 15.9. The lowest BCUT2D eigenvalue weighted by molar-refractivity contribution is -0.129. The number of carboxylic acid groups (broad SMARTS) is 1. The van der Waals surface area contributed by atoms with Gasteiger partial charge in [0.15, 0.2) is 5.71 Å². The van der Waals surface area contributed by atoms with Crippen LogP contribution in [0.3, 0.4) is 0 Å². The standard InChI is InChI=1S/C11H11N3O6S/c1-5-2-3-6(12)10(21(18,19)20)9(5)14-8(15)4-7(13-14)11(16)17/h2-3H,4,12H2,1H3,(H,16,17)(H,18,19,20). The van der Waals surface area contributed by atoms with Gasteiger partial charge in [-0.1, -0.05) is 6.07 Å². The Morgan fingerprint density at radius 2 is 2.05 bits per heavy atom. The number of aryl methyl sites for hydroxylation is 1. The number of aliphatic carboxylic acids is 1. The summed E-state index contributed by atoms with van der Waals surface area (Å²) in [6.07, 6.45) is -0.478. The van der Waals surface area contributed by atoms with Gasteiger partial charge in [0.2, 0.25) is 0 Å². The SMILES string of the molecule is Cc1ccc(N)c(S(=O)(=O)O)c1N1N=C(C(=O)O)CC1=O. The van der Waals surface area contributed by atoms with E-state index < -0.39 is 39.0 Å². The number of anilines is 2. The van der Waals surface area contributed by atoms with Crippen LogP contribution < -0.4 is 10.7 Å². The molecule has 0 fully saturated rings. The summed E-state index contributed by atoms with van der Waals surface area (Å²) in [5.41, 5.74) is 4.88. The minimum absolute atomic E-state index is 0.251. The predicted octanol–water partition coefficient (Wildman–Crippen LogP) is 0.00122. The van der Waals surface area contributed by atoms with E-state index >= 15 is 0 Å². The number of carbonyl (C=O) groups excluding carboxylic acids is 1. The fraction of sp³-hybridized carbons (Fsp3) is 0.182. The van der Waals surface area contributed by atoms with Gasteiger partial charge in [0.1, 0.15) is 4.90 Å². The molecular formula is C11H11N3O6S. The molecule has 4 N–H and O–H groups in total. The quantitative estimate of drug-likeness (QED) is 0.525. The van der Waals surface area contributed by atoms with Crippen LogP contribution in [0.1, 0.15) is 12.0 Å². The van der Waals surface area contributed by atoms with E-state index in [2.05, 4.69) is 5.10 Å². The first-order valence-corrected chi connectivity index (χ1v) is 7.07. The van der Waals surface area contributed by atoms with Crippen LogP contribution in [0.2, 0.25) is 0 Å². The van der Waals surface area contributed by atoms with Crippen molar-refractivity contribution in [3.05, 3.63) is 17.7 Å². The molecule has 112 valence electrons. The smallest absolute Gasteiger partial charge is 0.352 e. The van der Waals surface area contributed by atoms with Gasteiger partial charge < -0.3 is 10.8 Å². The maximum Gasteiger partial charge on any atom is 0.352 e. The Hall–Kier alpha value is -2.46. The van der Waals surface area contributed by atoms with Crippen molar-refractivity contribution in [2.24, 2.45) is 5.10 Å². The molecular weight excluding hydrogens is 302 g/mol. The fourth-order valence-electron chi connectivity index (χ4n) is 1.94. The summed E-state index contributed by atoms with van der Waals surface area (Å²) in [4.78, 5) is 22.0. The second-order valence-electron chi connectivity index (χ2n) is 4.36. The van der Waals surface area contributed by atoms with E-state index in [4.69, 9.17) is 10.8 Å². The highest BCUT2D eigenvalue weighted by Gasteiger charge is 2.34. The van der Waals surface area contributed by atoms with E-state index in [0.29, 0.717) is 10.6 Å². The third-order valence-electron chi connectivity index (χ3n) is 2.86. The lowest BCUT2D eigenvalue weighted by Crippen LogP contribution is -2.23. The average Bonchev–Trinajstić information content (AvgIpc) is 2.72. The lowest BCUT2D eigenvalue weighted by atomic mass is 10.1. The third-order valence-corrected chi connectivity index (χ3v) is 3.80. The molecule has 9 nitrogen and oxygen atoms in total. The zero-order valence-corrected chi connectivity index (χ0v) is 11.6. The molecule has 0 saturated heterocycles. The number of hydrogen-bond donors (Lipinski definition) is 3. The first-order valence-electron chi connectivity index (χ1n) is 5.63. The van der Waals surface area contributed by atoms with Crippen molar-refractivity contribution >= 4 is 39.1 Å². The molecule has 0 spiro atoms. The number of carboxylic acids is 1. The zero-order valence-electron chi connectivity index (χ0n) is 10.8. The van der Waals surface area contributed by atoms with Gasteiger partial charge >= 0.3 is 5.97 Å². The molecule has 0 saturated carbocycles. The van der Waals surface area contributed by atoms with Gasteiger partial charge in [0, 0.05) is 0 Å². The van der Waals surface area contributed by atoms with E-state index in [9.17, 15) is 22.6 Å². The molecule has 0 aliphatic carbocycles. The van der Waals surface area contributed by atoms with Crippen LogP contribution in [0.25, 0.3) is 0 Å². The molecule has 1 aliphatic heterocycles. The summed E-state index contributed by atoms with van der Waals surface area (Å²) in [7, 11) is -4.72. The summed E-state index contributed by atoms with van der Waals surface area (Å²) < 4.78 is 32.2. The number of hydrogen-bond acceptors (Lipinski definition) is 6. The summed E-state index contributed by atoms with van der Waals surface area (Å²) in [5.74, 6) is -2.12. The Balaban J connectivity index is 2.73. The van der Waals surface area contributed by atoms with Gasteiger partial charge in [-0.15, -0.1) is 0 Å². The number of amides is 1. The van der Waals surface area contributed by atoms with Crippen LogP contribution in [0.5, 0.6) is 0 Å². The molecule has 1 aromatic carbocycles. The van der Waals surface area contributed by atoms with Crippen LogP contribution in [-0.2, 0) is 19.7 Å². The molecule has 1 heterocycles. The maximum atomic E-state index is 11.9. The highest BCUT2D eigenvalue weighted by atomic mass is 32.2. The van der Waals surface area contributed by atoms with Gasteiger partial charge in [-0.2, -0.15) is 18.5 Å². The van der Waals surface area contributed by atoms with Gasteiger partial charge in [0.25, 0.3) is 16.0 Å². The lowest BCUT2D eigenvalue weighted by Gasteiger charge is -2.18. The topological polar surface area (TPSA) is 150 Å². The minimum atomic E-state index is -4.72. The summed E-state index contributed by atoms with van der Waals surface area (Å²) in [5, 5.41) is 13.1. The molecule has 0 unspecified atom stereocenters. The molecule has 1 aliphatic rings. The number of nitrogens with zero attached hydrogens (tertiary/aromatic N) is 2. The first kappa shape index (κ1) is 14.9. The second-order valence-corrected chi connectivity index (χ2v) is 5.72. The molecule has 0 atom stereocenters.